The highest BCUT2D eigenvalue weighted by Gasteiger charge is 2.13. The molecule has 0 aliphatic rings. The topological polar surface area (TPSA) is 50.4 Å². The number of hydrazine groups is 1. The summed E-state index contributed by atoms with van der Waals surface area (Å²) in [6, 6.07) is 5.79. The summed E-state index contributed by atoms with van der Waals surface area (Å²) in [6.45, 7) is 7.98. The molecule has 0 aliphatic carbocycles. The van der Waals surface area contributed by atoms with Gasteiger partial charge in [0.1, 0.15) is 5.84 Å². The molecule has 0 aliphatic heterocycles. The van der Waals surface area contributed by atoms with Gasteiger partial charge in [0.25, 0.3) is 0 Å². The second-order valence-corrected chi connectivity index (χ2v) is 5.09. The molecular formula is C12H18ClN3. The summed E-state index contributed by atoms with van der Waals surface area (Å²) < 4.78 is 0. The van der Waals surface area contributed by atoms with E-state index in [-0.39, 0.29) is 5.54 Å². The van der Waals surface area contributed by atoms with E-state index in [2.05, 4.69) is 10.4 Å². The summed E-state index contributed by atoms with van der Waals surface area (Å²) in [5.74, 6) is 6.10. The van der Waals surface area contributed by atoms with Crippen LogP contribution in [0.3, 0.4) is 0 Å². The lowest BCUT2D eigenvalue weighted by atomic mass is 10.1. The lowest BCUT2D eigenvalue weighted by Crippen LogP contribution is -2.34. The minimum absolute atomic E-state index is 0.200. The van der Waals surface area contributed by atoms with E-state index in [1.54, 1.807) is 0 Å². The molecule has 0 amide bonds. The van der Waals surface area contributed by atoms with Crippen LogP contribution in [-0.4, -0.2) is 11.4 Å². The van der Waals surface area contributed by atoms with Gasteiger partial charge in [0, 0.05) is 5.56 Å². The van der Waals surface area contributed by atoms with Crippen molar-refractivity contribution >= 4 is 17.4 Å². The maximum Gasteiger partial charge on any atom is 0.144 e. The Morgan fingerprint density at radius 3 is 2.50 bits per heavy atom. The number of halogens is 1. The molecule has 0 spiro atoms. The molecule has 0 radical (unpaired) electrons. The van der Waals surface area contributed by atoms with Gasteiger partial charge in [0.05, 0.1) is 10.6 Å². The molecule has 0 saturated carbocycles. The number of benzene rings is 1. The number of aryl methyl sites for hydroxylation is 1. The molecule has 3 nitrogen and oxygen atoms in total. The first kappa shape index (κ1) is 13.0. The van der Waals surface area contributed by atoms with Crippen molar-refractivity contribution < 1.29 is 0 Å². The van der Waals surface area contributed by atoms with Crippen LogP contribution in [0.15, 0.2) is 23.2 Å². The summed E-state index contributed by atoms with van der Waals surface area (Å²) in [7, 11) is 0. The Morgan fingerprint density at radius 1 is 1.38 bits per heavy atom. The van der Waals surface area contributed by atoms with Gasteiger partial charge in [-0.2, -0.15) is 0 Å². The van der Waals surface area contributed by atoms with E-state index < -0.39 is 0 Å². The molecule has 16 heavy (non-hydrogen) atoms. The minimum Gasteiger partial charge on any atom is -0.308 e. The number of nitrogens with zero attached hydrogens (tertiary/aromatic N) is 1. The summed E-state index contributed by atoms with van der Waals surface area (Å²) in [4.78, 5) is 4.50. The van der Waals surface area contributed by atoms with Crippen LogP contribution in [-0.2, 0) is 0 Å². The predicted molar refractivity (Wildman–Crippen MR) is 69.8 cm³/mol. The Kier molecular flexibility index (Phi) is 3.94. The predicted octanol–water partition coefficient (Wildman–Crippen LogP) is 2.66. The van der Waals surface area contributed by atoms with Gasteiger partial charge >= 0.3 is 0 Å². The monoisotopic (exact) mass is 239 g/mol. The lowest BCUT2D eigenvalue weighted by molar-refractivity contribution is 0.580. The zero-order chi connectivity index (χ0) is 12.3. The first-order chi connectivity index (χ1) is 7.35. The average molecular weight is 240 g/mol. The molecule has 0 fully saturated rings. The molecule has 88 valence electrons. The van der Waals surface area contributed by atoms with Crippen molar-refractivity contribution in [2.45, 2.75) is 33.2 Å². The molecule has 0 saturated heterocycles. The van der Waals surface area contributed by atoms with Gasteiger partial charge in [-0.3, -0.25) is 4.99 Å². The summed E-state index contributed by atoms with van der Waals surface area (Å²) in [5.41, 5.74) is 4.25. The molecule has 0 bridgehead atoms. The van der Waals surface area contributed by atoms with Crippen LogP contribution in [0, 0.1) is 6.92 Å². The Morgan fingerprint density at radius 2 is 2.00 bits per heavy atom. The first-order valence-corrected chi connectivity index (χ1v) is 5.55. The Bertz CT molecular complexity index is 405. The largest absolute Gasteiger partial charge is 0.308 e. The van der Waals surface area contributed by atoms with Gasteiger partial charge < -0.3 is 5.43 Å². The number of rotatable bonds is 1. The molecule has 1 aromatic carbocycles. The molecule has 0 heterocycles. The summed E-state index contributed by atoms with van der Waals surface area (Å²) in [5, 5.41) is 0.684. The SMILES string of the molecule is Cc1cccc(C(=NC(C)(C)C)NN)c1Cl. The second kappa shape index (κ2) is 4.85. The number of nitrogens with two attached hydrogens (primary N) is 1. The fourth-order valence-corrected chi connectivity index (χ4v) is 1.55. The van der Waals surface area contributed by atoms with Crippen LogP contribution < -0.4 is 11.3 Å². The third-order valence-electron chi connectivity index (χ3n) is 2.03. The Balaban J connectivity index is 3.25. The number of hydrogen-bond acceptors (Lipinski definition) is 2. The first-order valence-electron chi connectivity index (χ1n) is 5.17. The molecule has 0 atom stereocenters. The standard InChI is InChI=1S/C12H18ClN3/c1-8-6-5-7-9(10(8)13)11(16-14)15-12(2,3)4/h5-7H,14H2,1-4H3,(H,15,16). The van der Waals surface area contributed by atoms with E-state index in [1.165, 1.54) is 0 Å². The van der Waals surface area contributed by atoms with Gasteiger partial charge in [-0.25, -0.2) is 5.84 Å². The maximum atomic E-state index is 6.22. The number of amidine groups is 1. The zero-order valence-corrected chi connectivity index (χ0v) is 10.9. The molecule has 4 heteroatoms. The average Bonchev–Trinajstić information content (AvgIpc) is 2.18. The summed E-state index contributed by atoms with van der Waals surface area (Å²) >= 11 is 6.22. The normalized spacial score (nSPS) is 12.8. The Hall–Kier alpha value is -1.06. The van der Waals surface area contributed by atoms with Crippen LogP contribution in [0.4, 0.5) is 0 Å². The van der Waals surface area contributed by atoms with Crippen LogP contribution in [0.1, 0.15) is 31.9 Å². The third kappa shape index (κ3) is 3.22. The Labute approximate surface area is 102 Å². The van der Waals surface area contributed by atoms with Crippen molar-refractivity contribution in [3.8, 4) is 0 Å². The van der Waals surface area contributed by atoms with Crippen LogP contribution in [0.5, 0.6) is 0 Å². The highest BCUT2D eigenvalue weighted by molar-refractivity contribution is 6.34. The van der Waals surface area contributed by atoms with Crippen molar-refractivity contribution in [3.63, 3.8) is 0 Å². The molecule has 3 N–H and O–H groups in total. The van der Waals surface area contributed by atoms with Crippen LogP contribution in [0.2, 0.25) is 5.02 Å². The van der Waals surface area contributed by atoms with Gasteiger partial charge in [-0.1, -0.05) is 23.7 Å². The van der Waals surface area contributed by atoms with Gasteiger partial charge in [0.2, 0.25) is 0 Å². The van der Waals surface area contributed by atoms with E-state index in [4.69, 9.17) is 17.4 Å². The molecule has 1 aromatic rings. The fraction of sp³-hybridized carbons (Fsp3) is 0.417. The molecular weight excluding hydrogens is 222 g/mol. The number of hydrogen-bond donors (Lipinski definition) is 2. The van der Waals surface area contributed by atoms with Crippen molar-refractivity contribution in [2.24, 2.45) is 10.8 Å². The van der Waals surface area contributed by atoms with E-state index in [0.29, 0.717) is 10.9 Å². The summed E-state index contributed by atoms with van der Waals surface area (Å²) in [6.07, 6.45) is 0. The zero-order valence-electron chi connectivity index (χ0n) is 10.1. The third-order valence-corrected chi connectivity index (χ3v) is 2.53. The second-order valence-electron chi connectivity index (χ2n) is 4.71. The number of nitrogens with one attached hydrogen (secondary N) is 1. The smallest absolute Gasteiger partial charge is 0.144 e. The van der Waals surface area contributed by atoms with Crippen molar-refractivity contribution in [2.75, 3.05) is 0 Å². The minimum atomic E-state index is -0.200. The molecule has 0 unspecified atom stereocenters. The van der Waals surface area contributed by atoms with Crippen molar-refractivity contribution in [1.82, 2.24) is 5.43 Å². The van der Waals surface area contributed by atoms with E-state index in [0.717, 1.165) is 11.1 Å². The van der Waals surface area contributed by atoms with Crippen molar-refractivity contribution in [1.29, 1.82) is 0 Å². The van der Waals surface area contributed by atoms with Crippen LogP contribution in [0.25, 0.3) is 0 Å². The van der Waals surface area contributed by atoms with Gasteiger partial charge in [-0.15, -0.1) is 0 Å². The maximum absolute atomic E-state index is 6.22. The number of aliphatic imine (C=N–C) groups is 1. The van der Waals surface area contributed by atoms with E-state index in [9.17, 15) is 0 Å². The highest BCUT2D eigenvalue weighted by atomic mass is 35.5. The highest BCUT2D eigenvalue weighted by Crippen LogP contribution is 2.21. The van der Waals surface area contributed by atoms with E-state index in [1.807, 2.05) is 45.9 Å². The fourth-order valence-electron chi connectivity index (χ4n) is 1.34. The van der Waals surface area contributed by atoms with Crippen LogP contribution >= 0.6 is 11.6 Å². The van der Waals surface area contributed by atoms with E-state index >= 15 is 0 Å². The quantitative estimate of drug-likeness (QED) is 0.343. The lowest BCUT2D eigenvalue weighted by Gasteiger charge is -2.17. The molecule has 0 aromatic heterocycles. The van der Waals surface area contributed by atoms with Gasteiger partial charge in [-0.05, 0) is 39.3 Å². The van der Waals surface area contributed by atoms with Gasteiger partial charge in [0.15, 0.2) is 0 Å². The molecule has 1 rings (SSSR count). The van der Waals surface area contributed by atoms with Crippen molar-refractivity contribution in [3.05, 3.63) is 34.3 Å².